The van der Waals surface area contributed by atoms with E-state index in [1.807, 2.05) is 0 Å². The molecule has 0 aromatic carbocycles. The molecule has 1 saturated carbocycles. The molecule has 1 aliphatic carbocycles. The van der Waals surface area contributed by atoms with Crippen LogP contribution in [0.4, 0.5) is 0 Å². The molecule has 8 nitrogen and oxygen atoms in total. The van der Waals surface area contributed by atoms with Gasteiger partial charge in [0, 0.05) is 51.4 Å². The van der Waals surface area contributed by atoms with Gasteiger partial charge in [0.2, 0.25) is 10.0 Å². The van der Waals surface area contributed by atoms with Gasteiger partial charge in [0.05, 0.1) is 11.9 Å². The molecule has 9 heteroatoms. The highest BCUT2D eigenvalue weighted by atomic mass is 32.2. The Kier molecular flexibility index (Phi) is 7.35. The Morgan fingerprint density at radius 3 is 2.74 bits per heavy atom. The van der Waals surface area contributed by atoms with E-state index >= 15 is 0 Å². The van der Waals surface area contributed by atoms with Crippen LogP contribution in [0.5, 0.6) is 0 Å². The summed E-state index contributed by atoms with van der Waals surface area (Å²) in [5.74, 6) is 0.700. The van der Waals surface area contributed by atoms with E-state index in [4.69, 9.17) is 4.74 Å². The Morgan fingerprint density at radius 2 is 2.07 bits per heavy atom. The molecule has 0 radical (unpaired) electrons. The fraction of sp³-hybridized carbons (Fsp3) is 0.944. The zero-order chi connectivity index (χ0) is 19.3. The molecule has 0 aromatic heterocycles. The monoisotopic (exact) mass is 401 g/mol. The lowest BCUT2D eigenvalue weighted by atomic mass is 10.1. The zero-order valence-electron chi connectivity index (χ0n) is 16.6. The van der Waals surface area contributed by atoms with Gasteiger partial charge >= 0.3 is 0 Å². The standard InChI is InChI=1S/C18H35N5O3S/c1-14-11-15(13-23(14)16-6-7-16)22-18(19-2)20-8-10-27(24,25)21-12-17-5-3-4-9-26-17/h14-17,21H,3-13H2,1-2H3,(H2,19,20,22). The third kappa shape index (κ3) is 6.58. The lowest BCUT2D eigenvalue weighted by Gasteiger charge is -2.22. The summed E-state index contributed by atoms with van der Waals surface area (Å²) in [7, 11) is -1.59. The summed E-state index contributed by atoms with van der Waals surface area (Å²) in [6.45, 7) is 4.74. The summed E-state index contributed by atoms with van der Waals surface area (Å²) in [6, 6.07) is 1.73. The van der Waals surface area contributed by atoms with Crippen LogP contribution in [0.3, 0.4) is 0 Å². The van der Waals surface area contributed by atoms with E-state index in [0.717, 1.165) is 44.9 Å². The predicted molar refractivity (Wildman–Crippen MR) is 107 cm³/mol. The molecule has 27 heavy (non-hydrogen) atoms. The largest absolute Gasteiger partial charge is 0.377 e. The number of sulfonamides is 1. The van der Waals surface area contributed by atoms with Gasteiger partial charge in [0.25, 0.3) is 0 Å². The van der Waals surface area contributed by atoms with Crippen LogP contribution in [0.2, 0.25) is 0 Å². The number of nitrogens with one attached hydrogen (secondary N) is 3. The first-order chi connectivity index (χ1) is 13.0. The topological polar surface area (TPSA) is 95.1 Å². The second-order valence-corrected chi connectivity index (χ2v) is 9.94. The van der Waals surface area contributed by atoms with Crippen molar-refractivity contribution in [2.45, 2.75) is 69.7 Å². The number of aliphatic imine (C=N–C) groups is 1. The molecule has 3 aliphatic rings. The van der Waals surface area contributed by atoms with Gasteiger partial charge < -0.3 is 15.4 Å². The van der Waals surface area contributed by atoms with E-state index < -0.39 is 10.0 Å². The van der Waals surface area contributed by atoms with Crippen LogP contribution in [0.15, 0.2) is 4.99 Å². The van der Waals surface area contributed by atoms with Crippen LogP contribution in [-0.2, 0) is 14.8 Å². The first-order valence-electron chi connectivity index (χ1n) is 10.3. The number of nitrogens with zero attached hydrogens (tertiary/aromatic N) is 2. The number of guanidine groups is 1. The average molecular weight is 402 g/mol. The fourth-order valence-electron chi connectivity index (χ4n) is 4.03. The third-order valence-electron chi connectivity index (χ3n) is 5.67. The maximum Gasteiger partial charge on any atom is 0.213 e. The Balaban J connectivity index is 1.35. The molecule has 3 atom stereocenters. The van der Waals surface area contributed by atoms with Crippen molar-refractivity contribution in [3.63, 3.8) is 0 Å². The minimum Gasteiger partial charge on any atom is -0.377 e. The molecule has 0 spiro atoms. The average Bonchev–Trinajstić information content (AvgIpc) is 3.43. The highest BCUT2D eigenvalue weighted by Crippen LogP contribution is 2.33. The van der Waals surface area contributed by atoms with Gasteiger partial charge in [-0.15, -0.1) is 0 Å². The highest BCUT2D eigenvalue weighted by molar-refractivity contribution is 7.89. The Bertz CT molecular complexity index is 602. The van der Waals surface area contributed by atoms with E-state index in [0.29, 0.717) is 31.1 Å². The number of likely N-dealkylation sites (tertiary alicyclic amines) is 1. The molecule has 3 N–H and O–H groups in total. The SMILES string of the molecule is CN=C(NCCS(=O)(=O)NCC1CCCCO1)NC1CC(C)N(C2CC2)C1. The first kappa shape index (κ1) is 20.8. The zero-order valence-corrected chi connectivity index (χ0v) is 17.4. The van der Waals surface area contributed by atoms with Crippen molar-refractivity contribution in [2.24, 2.45) is 4.99 Å². The summed E-state index contributed by atoms with van der Waals surface area (Å²) in [4.78, 5) is 6.82. The molecule has 156 valence electrons. The van der Waals surface area contributed by atoms with E-state index in [-0.39, 0.29) is 11.9 Å². The van der Waals surface area contributed by atoms with Crippen molar-refractivity contribution < 1.29 is 13.2 Å². The maximum atomic E-state index is 12.2. The van der Waals surface area contributed by atoms with Gasteiger partial charge in [0.15, 0.2) is 5.96 Å². The van der Waals surface area contributed by atoms with Crippen molar-refractivity contribution in [2.75, 3.05) is 39.0 Å². The van der Waals surface area contributed by atoms with Crippen LogP contribution in [-0.4, -0.2) is 82.5 Å². The molecule has 2 aliphatic heterocycles. The van der Waals surface area contributed by atoms with Crippen LogP contribution < -0.4 is 15.4 Å². The third-order valence-corrected chi connectivity index (χ3v) is 7.02. The molecule has 0 amide bonds. The minimum absolute atomic E-state index is 0.00897. The molecule has 0 aromatic rings. The normalized spacial score (nSPS) is 30.4. The first-order valence-corrected chi connectivity index (χ1v) is 11.9. The van der Waals surface area contributed by atoms with E-state index in [1.165, 1.54) is 12.8 Å². The number of rotatable bonds is 8. The van der Waals surface area contributed by atoms with Crippen LogP contribution in [0.1, 0.15) is 45.4 Å². The van der Waals surface area contributed by atoms with Crippen LogP contribution in [0.25, 0.3) is 0 Å². The van der Waals surface area contributed by atoms with Crippen molar-refractivity contribution in [1.29, 1.82) is 0 Å². The van der Waals surface area contributed by atoms with Crippen molar-refractivity contribution in [3.8, 4) is 0 Å². The molecule has 3 fully saturated rings. The summed E-state index contributed by atoms with van der Waals surface area (Å²) in [5.41, 5.74) is 0. The molecule has 2 saturated heterocycles. The highest BCUT2D eigenvalue weighted by Gasteiger charge is 2.38. The summed E-state index contributed by atoms with van der Waals surface area (Å²) in [6.07, 6.45) is 6.84. The summed E-state index contributed by atoms with van der Waals surface area (Å²) >= 11 is 0. The van der Waals surface area contributed by atoms with Crippen molar-refractivity contribution in [1.82, 2.24) is 20.3 Å². The number of ether oxygens (including phenoxy) is 1. The Morgan fingerprint density at radius 1 is 1.26 bits per heavy atom. The van der Waals surface area contributed by atoms with E-state index in [9.17, 15) is 8.42 Å². The number of hydrogen-bond acceptors (Lipinski definition) is 5. The lowest BCUT2D eigenvalue weighted by molar-refractivity contribution is 0.0200. The van der Waals surface area contributed by atoms with Gasteiger partial charge in [-0.25, -0.2) is 13.1 Å². The molecule has 2 heterocycles. The Labute approximate surface area is 163 Å². The Hall–Kier alpha value is -0.900. The summed E-state index contributed by atoms with van der Waals surface area (Å²) in [5, 5.41) is 6.58. The smallest absolute Gasteiger partial charge is 0.213 e. The second kappa shape index (κ2) is 9.54. The van der Waals surface area contributed by atoms with Crippen molar-refractivity contribution >= 4 is 16.0 Å². The molecule has 3 unspecified atom stereocenters. The minimum atomic E-state index is -3.32. The lowest BCUT2D eigenvalue weighted by Crippen LogP contribution is -2.46. The predicted octanol–water partition coefficient (Wildman–Crippen LogP) is 0.265. The van der Waals surface area contributed by atoms with Gasteiger partial charge in [-0.3, -0.25) is 9.89 Å². The van der Waals surface area contributed by atoms with Crippen LogP contribution in [0, 0.1) is 0 Å². The summed E-state index contributed by atoms with van der Waals surface area (Å²) < 4.78 is 32.6. The maximum absolute atomic E-state index is 12.2. The molecule has 3 rings (SSSR count). The number of hydrogen-bond donors (Lipinski definition) is 3. The molecular formula is C18H35N5O3S. The van der Waals surface area contributed by atoms with E-state index in [2.05, 4.69) is 32.2 Å². The van der Waals surface area contributed by atoms with Crippen LogP contribution >= 0.6 is 0 Å². The molecular weight excluding hydrogens is 366 g/mol. The van der Waals surface area contributed by atoms with Crippen molar-refractivity contribution in [3.05, 3.63) is 0 Å². The van der Waals surface area contributed by atoms with E-state index in [1.54, 1.807) is 7.05 Å². The van der Waals surface area contributed by atoms with Gasteiger partial charge in [-0.1, -0.05) is 0 Å². The fourth-order valence-corrected chi connectivity index (χ4v) is 4.98. The molecule has 0 bridgehead atoms. The van der Waals surface area contributed by atoms with Gasteiger partial charge in [0.1, 0.15) is 0 Å². The van der Waals surface area contributed by atoms with Gasteiger partial charge in [-0.05, 0) is 45.4 Å². The second-order valence-electron chi connectivity index (χ2n) is 8.01. The van der Waals surface area contributed by atoms with Gasteiger partial charge in [-0.2, -0.15) is 0 Å². The quantitative estimate of drug-likeness (QED) is 0.399.